The van der Waals surface area contributed by atoms with Gasteiger partial charge in [-0.2, -0.15) is 5.10 Å². The van der Waals surface area contributed by atoms with Crippen molar-refractivity contribution in [3.05, 3.63) is 35.4 Å². The van der Waals surface area contributed by atoms with Gasteiger partial charge in [-0.05, 0) is 23.6 Å². The molecular weight excluding hydrogens is 342 g/mol. The Balaban J connectivity index is 1.89. The van der Waals surface area contributed by atoms with Gasteiger partial charge in [0.05, 0.1) is 19.2 Å². The van der Waals surface area contributed by atoms with Crippen LogP contribution in [0.3, 0.4) is 0 Å². The molecule has 0 aliphatic carbocycles. The second kappa shape index (κ2) is 9.95. The van der Waals surface area contributed by atoms with E-state index < -0.39 is 11.2 Å². The zero-order chi connectivity index (χ0) is 18.1. The van der Waals surface area contributed by atoms with Crippen LogP contribution in [0.25, 0.3) is 0 Å². The van der Waals surface area contributed by atoms with Gasteiger partial charge in [0.15, 0.2) is 5.17 Å². The lowest BCUT2D eigenvalue weighted by Crippen LogP contribution is -2.26. The summed E-state index contributed by atoms with van der Waals surface area (Å²) in [4.78, 5) is 22.3. The number of carboxylic acid groups (broad SMARTS) is 1. The van der Waals surface area contributed by atoms with Crippen LogP contribution in [0.15, 0.2) is 34.5 Å². The molecule has 2 rings (SSSR count). The molecule has 1 aromatic rings. The van der Waals surface area contributed by atoms with Crippen molar-refractivity contribution in [3.8, 4) is 0 Å². The van der Waals surface area contributed by atoms with E-state index >= 15 is 0 Å². The lowest BCUT2D eigenvalue weighted by atomic mass is 10.1. The molecule has 1 aliphatic heterocycles. The number of thioether (sulfide) groups is 1. The zero-order valence-electron chi connectivity index (χ0n) is 14.0. The maximum atomic E-state index is 11.6. The molecule has 0 aromatic heterocycles. The number of rotatable bonds is 9. The Bertz CT molecular complexity index is 676. The van der Waals surface area contributed by atoms with Gasteiger partial charge in [0.2, 0.25) is 5.91 Å². The molecule has 0 bridgehead atoms. The third-order valence-electron chi connectivity index (χ3n) is 3.35. The van der Waals surface area contributed by atoms with Gasteiger partial charge in [0.1, 0.15) is 5.25 Å². The molecule has 1 amide bonds. The summed E-state index contributed by atoms with van der Waals surface area (Å²) in [5, 5.41) is 18.8. The number of carboxylic acids is 1. The summed E-state index contributed by atoms with van der Waals surface area (Å²) < 4.78 is 5.59. The fourth-order valence-corrected chi connectivity index (χ4v) is 3.01. The molecule has 0 radical (unpaired) electrons. The van der Waals surface area contributed by atoms with Gasteiger partial charge >= 0.3 is 5.97 Å². The molecule has 1 aromatic carbocycles. The molecule has 2 N–H and O–H groups in total. The maximum Gasteiger partial charge on any atom is 0.305 e. The van der Waals surface area contributed by atoms with E-state index in [1.165, 1.54) is 0 Å². The summed E-state index contributed by atoms with van der Waals surface area (Å²) >= 11 is 1.08. The summed E-state index contributed by atoms with van der Waals surface area (Å²) in [6.07, 6.45) is 3.50. The maximum absolute atomic E-state index is 11.6. The van der Waals surface area contributed by atoms with Crippen molar-refractivity contribution in [2.75, 3.05) is 6.61 Å². The van der Waals surface area contributed by atoms with Crippen molar-refractivity contribution in [2.24, 2.45) is 10.2 Å². The molecule has 134 valence electrons. The minimum absolute atomic E-state index is 0.237. The Labute approximate surface area is 150 Å². The van der Waals surface area contributed by atoms with Crippen LogP contribution >= 0.6 is 11.8 Å². The summed E-state index contributed by atoms with van der Waals surface area (Å²) in [6.45, 7) is 3.42. The fraction of sp³-hybridized carbons (Fsp3) is 0.412. The van der Waals surface area contributed by atoms with Crippen molar-refractivity contribution in [3.63, 3.8) is 0 Å². The lowest BCUT2D eigenvalue weighted by molar-refractivity contribution is -0.138. The molecule has 1 unspecified atom stereocenters. The highest BCUT2D eigenvalue weighted by molar-refractivity contribution is 8.15. The number of nitrogens with one attached hydrogen (secondary N) is 1. The predicted molar refractivity (Wildman–Crippen MR) is 97.8 cm³/mol. The topological polar surface area (TPSA) is 100 Å². The van der Waals surface area contributed by atoms with Crippen molar-refractivity contribution in [2.45, 2.75) is 38.0 Å². The minimum atomic E-state index is -1.02. The molecule has 1 saturated heterocycles. The number of benzene rings is 1. The van der Waals surface area contributed by atoms with Crippen LogP contribution in [0.2, 0.25) is 0 Å². The van der Waals surface area contributed by atoms with Crippen LogP contribution in [0.5, 0.6) is 0 Å². The van der Waals surface area contributed by atoms with Gasteiger partial charge in [-0.15, -0.1) is 5.10 Å². The van der Waals surface area contributed by atoms with E-state index in [0.29, 0.717) is 11.8 Å². The van der Waals surface area contributed by atoms with E-state index in [4.69, 9.17) is 9.84 Å². The molecule has 1 atom stereocenters. The van der Waals surface area contributed by atoms with Crippen LogP contribution in [-0.4, -0.2) is 40.2 Å². The molecule has 0 saturated carbocycles. The van der Waals surface area contributed by atoms with Crippen molar-refractivity contribution in [1.82, 2.24) is 5.32 Å². The molecule has 1 fully saturated rings. The third-order valence-corrected chi connectivity index (χ3v) is 4.43. The van der Waals surface area contributed by atoms with Crippen LogP contribution in [0, 0.1) is 0 Å². The molecule has 8 heteroatoms. The first-order valence-electron chi connectivity index (χ1n) is 8.05. The molecule has 1 heterocycles. The Hall–Kier alpha value is -2.19. The number of hydrogen-bond acceptors (Lipinski definition) is 6. The first kappa shape index (κ1) is 19.1. The summed E-state index contributed by atoms with van der Waals surface area (Å²) in [7, 11) is 0. The number of aliphatic carboxylic acids is 1. The average Bonchev–Trinajstić information content (AvgIpc) is 2.91. The largest absolute Gasteiger partial charge is 0.481 e. The molecule has 1 aliphatic rings. The molecule has 0 spiro atoms. The predicted octanol–water partition coefficient (Wildman–Crippen LogP) is 2.40. The van der Waals surface area contributed by atoms with Gasteiger partial charge in [0, 0.05) is 6.61 Å². The SMILES string of the molecule is CCCCOCc1cccc(C=NN=C2NC(=O)C(CC(=O)O)S2)c1. The second-order valence-corrected chi connectivity index (χ2v) is 6.69. The molecule has 7 nitrogen and oxygen atoms in total. The Kier molecular flexibility index (Phi) is 7.62. The normalized spacial score (nSPS) is 18.8. The lowest BCUT2D eigenvalue weighted by Gasteiger charge is -2.04. The van der Waals surface area contributed by atoms with Crippen LogP contribution in [0.4, 0.5) is 0 Å². The summed E-state index contributed by atoms with van der Waals surface area (Å²) in [5.74, 6) is -1.37. The Morgan fingerprint density at radius 3 is 3.08 bits per heavy atom. The summed E-state index contributed by atoms with van der Waals surface area (Å²) in [5.41, 5.74) is 1.93. The third kappa shape index (κ3) is 6.67. The van der Waals surface area contributed by atoms with Crippen molar-refractivity contribution in [1.29, 1.82) is 0 Å². The van der Waals surface area contributed by atoms with Gasteiger partial charge in [-0.3, -0.25) is 9.59 Å². The van der Waals surface area contributed by atoms with Gasteiger partial charge in [0.25, 0.3) is 0 Å². The number of amidine groups is 1. The fourth-order valence-electron chi connectivity index (χ4n) is 2.09. The number of ether oxygens (including phenoxy) is 1. The summed E-state index contributed by atoms with van der Waals surface area (Å²) in [6, 6.07) is 7.76. The smallest absolute Gasteiger partial charge is 0.305 e. The van der Waals surface area contributed by atoms with E-state index in [1.807, 2.05) is 24.3 Å². The minimum Gasteiger partial charge on any atom is -0.481 e. The van der Waals surface area contributed by atoms with E-state index in [1.54, 1.807) is 6.21 Å². The Morgan fingerprint density at radius 1 is 1.48 bits per heavy atom. The first-order valence-corrected chi connectivity index (χ1v) is 8.93. The van der Waals surface area contributed by atoms with E-state index in [9.17, 15) is 9.59 Å². The van der Waals surface area contributed by atoms with Crippen molar-refractivity contribution < 1.29 is 19.4 Å². The Morgan fingerprint density at radius 2 is 2.32 bits per heavy atom. The van der Waals surface area contributed by atoms with Gasteiger partial charge < -0.3 is 15.2 Å². The number of nitrogens with zero attached hydrogens (tertiary/aromatic N) is 2. The highest BCUT2D eigenvalue weighted by atomic mass is 32.2. The number of hydrogen-bond donors (Lipinski definition) is 2. The van der Waals surface area contributed by atoms with Crippen LogP contribution in [-0.2, 0) is 20.9 Å². The molecular formula is C17H21N3O4S. The van der Waals surface area contributed by atoms with Crippen LogP contribution in [0.1, 0.15) is 37.3 Å². The first-order chi connectivity index (χ1) is 12.1. The highest BCUT2D eigenvalue weighted by Crippen LogP contribution is 2.22. The zero-order valence-corrected chi connectivity index (χ0v) is 14.8. The number of carbonyl (C=O) groups excluding carboxylic acids is 1. The van der Waals surface area contributed by atoms with Gasteiger partial charge in [-0.1, -0.05) is 43.3 Å². The molecule has 25 heavy (non-hydrogen) atoms. The van der Waals surface area contributed by atoms with Crippen molar-refractivity contribution >= 4 is 35.0 Å². The number of unbranched alkanes of at least 4 members (excludes halogenated alkanes) is 1. The van der Waals surface area contributed by atoms with Gasteiger partial charge in [-0.25, -0.2) is 0 Å². The van der Waals surface area contributed by atoms with E-state index in [2.05, 4.69) is 22.4 Å². The highest BCUT2D eigenvalue weighted by Gasteiger charge is 2.32. The van der Waals surface area contributed by atoms with Crippen LogP contribution < -0.4 is 5.32 Å². The second-order valence-electron chi connectivity index (χ2n) is 5.49. The van der Waals surface area contributed by atoms with E-state index in [-0.39, 0.29) is 12.3 Å². The standard InChI is InChI=1S/C17H21N3O4S/c1-2-3-7-24-11-13-6-4-5-12(8-13)10-18-20-17-19-16(23)14(25-17)9-15(21)22/h4-6,8,10,14H,2-3,7,9,11H2,1H3,(H,21,22)(H,19,20,23). The monoisotopic (exact) mass is 363 g/mol. The quantitative estimate of drug-likeness (QED) is 0.399. The number of amides is 1. The average molecular weight is 363 g/mol. The number of carbonyl (C=O) groups is 2. The van der Waals surface area contributed by atoms with E-state index in [0.717, 1.165) is 42.3 Å².